The summed E-state index contributed by atoms with van der Waals surface area (Å²) < 4.78 is 0. The van der Waals surface area contributed by atoms with Crippen molar-refractivity contribution < 1.29 is 0 Å². The molecule has 0 saturated carbocycles. The largest absolute Gasteiger partial charge is 0.257 e. The van der Waals surface area contributed by atoms with Gasteiger partial charge in [0.05, 0.1) is 17.6 Å². The zero-order chi connectivity index (χ0) is 13.8. The van der Waals surface area contributed by atoms with E-state index in [1.165, 1.54) is 5.56 Å². The van der Waals surface area contributed by atoms with Crippen molar-refractivity contribution in [3.05, 3.63) is 54.0 Å². The van der Waals surface area contributed by atoms with Crippen molar-refractivity contribution >= 4 is 6.08 Å². The fourth-order valence-electron chi connectivity index (χ4n) is 2.09. The van der Waals surface area contributed by atoms with Gasteiger partial charge in [0.25, 0.3) is 0 Å². The SMILES string of the molecule is C=Cc1ccc(-c2cnc(CC(C)C)cn2)cc1C. The van der Waals surface area contributed by atoms with Gasteiger partial charge >= 0.3 is 0 Å². The maximum atomic E-state index is 4.51. The number of aromatic nitrogens is 2. The van der Waals surface area contributed by atoms with Crippen LogP contribution >= 0.6 is 0 Å². The predicted octanol–water partition coefficient (Wildman–Crippen LogP) is 4.29. The molecule has 0 amide bonds. The van der Waals surface area contributed by atoms with E-state index in [9.17, 15) is 0 Å². The summed E-state index contributed by atoms with van der Waals surface area (Å²) in [4.78, 5) is 9.00. The number of rotatable bonds is 4. The number of hydrogen-bond acceptors (Lipinski definition) is 2. The normalized spacial score (nSPS) is 10.7. The van der Waals surface area contributed by atoms with Gasteiger partial charge in [-0.2, -0.15) is 0 Å². The molecule has 0 bridgehead atoms. The Bertz CT molecular complexity index is 568. The lowest BCUT2D eigenvalue weighted by molar-refractivity contribution is 0.633. The Labute approximate surface area is 115 Å². The van der Waals surface area contributed by atoms with Gasteiger partial charge in [0.1, 0.15) is 0 Å². The Kier molecular flexibility index (Phi) is 4.10. The van der Waals surface area contributed by atoms with E-state index in [1.807, 2.05) is 18.5 Å². The molecule has 1 aromatic heterocycles. The summed E-state index contributed by atoms with van der Waals surface area (Å²) in [5, 5.41) is 0. The lowest BCUT2D eigenvalue weighted by atomic mass is 10.0. The van der Waals surface area contributed by atoms with Crippen molar-refractivity contribution in [3.63, 3.8) is 0 Å². The number of aryl methyl sites for hydroxylation is 1. The second-order valence-corrected chi connectivity index (χ2v) is 5.27. The minimum atomic E-state index is 0.606. The molecular weight excluding hydrogens is 232 g/mol. The average molecular weight is 252 g/mol. The Hall–Kier alpha value is -1.96. The Balaban J connectivity index is 2.27. The van der Waals surface area contributed by atoms with E-state index in [-0.39, 0.29) is 0 Å². The second kappa shape index (κ2) is 5.79. The van der Waals surface area contributed by atoms with Gasteiger partial charge in [0.2, 0.25) is 0 Å². The summed E-state index contributed by atoms with van der Waals surface area (Å²) in [5.41, 5.74) is 5.45. The van der Waals surface area contributed by atoms with Crippen LogP contribution in [-0.2, 0) is 6.42 Å². The van der Waals surface area contributed by atoms with Crippen molar-refractivity contribution in [3.8, 4) is 11.3 Å². The van der Waals surface area contributed by atoms with Crippen molar-refractivity contribution in [2.24, 2.45) is 5.92 Å². The molecule has 0 aliphatic rings. The summed E-state index contributed by atoms with van der Waals surface area (Å²) >= 11 is 0. The van der Waals surface area contributed by atoms with Crippen molar-refractivity contribution in [1.29, 1.82) is 0 Å². The maximum Gasteiger partial charge on any atom is 0.0885 e. The minimum absolute atomic E-state index is 0.606. The van der Waals surface area contributed by atoms with Gasteiger partial charge in [-0.1, -0.05) is 38.6 Å². The monoisotopic (exact) mass is 252 g/mol. The molecule has 1 aromatic carbocycles. The lowest BCUT2D eigenvalue weighted by Crippen LogP contribution is -1.98. The van der Waals surface area contributed by atoms with Crippen molar-refractivity contribution in [1.82, 2.24) is 9.97 Å². The van der Waals surface area contributed by atoms with Gasteiger partial charge in [-0.3, -0.25) is 9.97 Å². The second-order valence-electron chi connectivity index (χ2n) is 5.27. The summed E-state index contributed by atoms with van der Waals surface area (Å²) in [7, 11) is 0. The molecule has 0 N–H and O–H groups in total. The zero-order valence-electron chi connectivity index (χ0n) is 11.9. The van der Waals surface area contributed by atoms with E-state index in [4.69, 9.17) is 0 Å². The topological polar surface area (TPSA) is 25.8 Å². The summed E-state index contributed by atoms with van der Waals surface area (Å²) in [5.74, 6) is 0.606. The Morgan fingerprint density at radius 2 is 2.00 bits per heavy atom. The highest BCUT2D eigenvalue weighted by molar-refractivity contribution is 5.64. The molecule has 98 valence electrons. The molecule has 2 aromatic rings. The maximum absolute atomic E-state index is 4.51. The summed E-state index contributed by atoms with van der Waals surface area (Å²) in [6, 6.07) is 6.26. The lowest BCUT2D eigenvalue weighted by Gasteiger charge is -2.07. The Morgan fingerprint density at radius 1 is 1.21 bits per heavy atom. The van der Waals surface area contributed by atoms with Crippen molar-refractivity contribution in [2.45, 2.75) is 27.2 Å². The van der Waals surface area contributed by atoms with Crippen LogP contribution in [0.4, 0.5) is 0 Å². The average Bonchev–Trinajstić information content (AvgIpc) is 2.39. The number of benzene rings is 1. The van der Waals surface area contributed by atoms with Crippen LogP contribution < -0.4 is 0 Å². The van der Waals surface area contributed by atoms with Crippen LogP contribution in [0.2, 0.25) is 0 Å². The molecule has 0 spiro atoms. The van der Waals surface area contributed by atoms with Gasteiger partial charge in [-0.05, 0) is 36.5 Å². The first-order valence-corrected chi connectivity index (χ1v) is 6.64. The van der Waals surface area contributed by atoms with Gasteiger partial charge in [-0.15, -0.1) is 0 Å². The Morgan fingerprint density at radius 3 is 2.53 bits per heavy atom. The molecule has 2 rings (SSSR count). The molecule has 0 saturated heterocycles. The molecule has 0 unspecified atom stereocenters. The number of nitrogens with zero attached hydrogens (tertiary/aromatic N) is 2. The summed E-state index contributed by atoms with van der Waals surface area (Å²) in [6.07, 6.45) is 6.59. The number of hydrogen-bond donors (Lipinski definition) is 0. The molecule has 1 heterocycles. The smallest absolute Gasteiger partial charge is 0.0885 e. The third-order valence-electron chi connectivity index (χ3n) is 3.11. The minimum Gasteiger partial charge on any atom is -0.257 e. The quantitative estimate of drug-likeness (QED) is 0.811. The van der Waals surface area contributed by atoms with E-state index >= 15 is 0 Å². The first-order chi connectivity index (χ1) is 9.10. The molecular formula is C17H20N2. The van der Waals surface area contributed by atoms with Gasteiger partial charge in [0, 0.05) is 11.8 Å². The van der Waals surface area contributed by atoms with Gasteiger partial charge < -0.3 is 0 Å². The fourth-order valence-corrected chi connectivity index (χ4v) is 2.09. The van der Waals surface area contributed by atoms with Gasteiger partial charge in [0.15, 0.2) is 0 Å². The fraction of sp³-hybridized carbons (Fsp3) is 0.294. The van der Waals surface area contributed by atoms with Crippen LogP contribution in [0.25, 0.3) is 17.3 Å². The van der Waals surface area contributed by atoms with E-state index in [0.29, 0.717) is 5.92 Å². The van der Waals surface area contributed by atoms with Crippen LogP contribution in [-0.4, -0.2) is 9.97 Å². The molecule has 19 heavy (non-hydrogen) atoms. The molecule has 0 radical (unpaired) electrons. The molecule has 0 fully saturated rings. The highest BCUT2D eigenvalue weighted by Gasteiger charge is 2.04. The highest BCUT2D eigenvalue weighted by atomic mass is 14.8. The first kappa shape index (κ1) is 13.5. The molecule has 2 nitrogen and oxygen atoms in total. The van der Waals surface area contributed by atoms with Crippen molar-refractivity contribution in [2.75, 3.05) is 0 Å². The van der Waals surface area contributed by atoms with E-state index in [0.717, 1.165) is 28.9 Å². The predicted molar refractivity (Wildman–Crippen MR) is 80.8 cm³/mol. The van der Waals surface area contributed by atoms with E-state index in [2.05, 4.69) is 55.5 Å². The van der Waals surface area contributed by atoms with Crippen LogP contribution in [0.5, 0.6) is 0 Å². The van der Waals surface area contributed by atoms with Crippen LogP contribution in [0.1, 0.15) is 30.7 Å². The third kappa shape index (κ3) is 3.28. The summed E-state index contributed by atoms with van der Waals surface area (Å²) in [6.45, 7) is 10.3. The third-order valence-corrected chi connectivity index (χ3v) is 3.11. The van der Waals surface area contributed by atoms with E-state index in [1.54, 1.807) is 0 Å². The molecule has 2 heteroatoms. The molecule has 0 aliphatic heterocycles. The molecule has 0 atom stereocenters. The standard InChI is InChI=1S/C17H20N2/c1-5-14-6-7-15(9-13(14)4)17-11-18-16(10-19-17)8-12(2)3/h5-7,9-12H,1,8H2,2-4H3. The molecule has 0 aliphatic carbocycles. The van der Waals surface area contributed by atoms with Crippen LogP contribution in [0.3, 0.4) is 0 Å². The zero-order valence-corrected chi connectivity index (χ0v) is 11.9. The first-order valence-electron chi connectivity index (χ1n) is 6.64. The van der Waals surface area contributed by atoms with Crippen LogP contribution in [0, 0.1) is 12.8 Å². The van der Waals surface area contributed by atoms with E-state index < -0.39 is 0 Å². The van der Waals surface area contributed by atoms with Gasteiger partial charge in [-0.25, -0.2) is 0 Å². The highest BCUT2D eigenvalue weighted by Crippen LogP contribution is 2.20. The van der Waals surface area contributed by atoms with Crippen LogP contribution in [0.15, 0.2) is 37.2 Å².